The van der Waals surface area contributed by atoms with E-state index in [0.29, 0.717) is 5.92 Å². The van der Waals surface area contributed by atoms with Gasteiger partial charge in [0.05, 0.1) is 15.2 Å². The van der Waals surface area contributed by atoms with Gasteiger partial charge in [0.25, 0.3) is 0 Å². The quantitative estimate of drug-likeness (QED) is 0.881. The SMILES string of the molecule is CC(C)c1nc2cc(C3(N)CCCC3)ccc2s1. The van der Waals surface area contributed by atoms with E-state index >= 15 is 0 Å². The Bertz CT molecular complexity index is 565. The van der Waals surface area contributed by atoms with E-state index in [1.807, 2.05) is 0 Å². The highest BCUT2D eigenvalue weighted by Crippen LogP contribution is 2.38. The zero-order chi connectivity index (χ0) is 12.8. The van der Waals surface area contributed by atoms with Crippen molar-refractivity contribution in [2.24, 2.45) is 5.73 Å². The lowest BCUT2D eigenvalue weighted by molar-refractivity contribution is 0.462. The molecule has 18 heavy (non-hydrogen) atoms. The van der Waals surface area contributed by atoms with Crippen LogP contribution in [-0.2, 0) is 5.54 Å². The summed E-state index contributed by atoms with van der Waals surface area (Å²) in [5.74, 6) is 0.504. The number of rotatable bonds is 2. The molecular weight excluding hydrogens is 240 g/mol. The van der Waals surface area contributed by atoms with Crippen molar-refractivity contribution in [1.82, 2.24) is 4.98 Å². The van der Waals surface area contributed by atoms with Crippen LogP contribution in [0.4, 0.5) is 0 Å². The molecule has 1 aliphatic carbocycles. The number of nitrogens with two attached hydrogens (primary N) is 1. The van der Waals surface area contributed by atoms with Gasteiger partial charge in [0.1, 0.15) is 0 Å². The fourth-order valence-electron chi connectivity index (χ4n) is 2.80. The first kappa shape index (κ1) is 12.1. The monoisotopic (exact) mass is 260 g/mol. The Morgan fingerprint density at radius 2 is 2.00 bits per heavy atom. The maximum absolute atomic E-state index is 6.51. The van der Waals surface area contributed by atoms with Gasteiger partial charge >= 0.3 is 0 Å². The molecule has 1 aromatic carbocycles. The molecular formula is C15H20N2S. The van der Waals surface area contributed by atoms with E-state index in [-0.39, 0.29) is 5.54 Å². The number of benzene rings is 1. The first-order chi connectivity index (χ1) is 8.58. The average Bonchev–Trinajstić information content (AvgIpc) is 2.94. The third kappa shape index (κ3) is 1.95. The Morgan fingerprint density at radius 3 is 2.67 bits per heavy atom. The van der Waals surface area contributed by atoms with Crippen LogP contribution in [0, 0.1) is 0 Å². The summed E-state index contributed by atoms with van der Waals surface area (Å²) >= 11 is 1.80. The van der Waals surface area contributed by atoms with Crippen molar-refractivity contribution in [2.45, 2.75) is 51.0 Å². The minimum atomic E-state index is -0.101. The van der Waals surface area contributed by atoms with Crippen molar-refractivity contribution in [1.29, 1.82) is 0 Å². The first-order valence-corrected chi connectivity index (χ1v) is 7.60. The van der Waals surface area contributed by atoms with Crippen molar-refractivity contribution >= 4 is 21.6 Å². The van der Waals surface area contributed by atoms with Crippen molar-refractivity contribution in [2.75, 3.05) is 0 Å². The summed E-state index contributed by atoms with van der Waals surface area (Å²) in [5.41, 5.74) is 8.81. The zero-order valence-corrected chi connectivity index (χ0v) is 11.9. The van der Waals surface area contributed by atoms with Gasteiger partial charge in [0, 0.05) is 11.5 Å². The van der Waals surface area contributed by atoms with Crippen LogP contribution in [0.15, 0.2) is 18.2 Å². The maximum Gasteiger partial charge on any atom is 0.0963 e. The van der Waals surface area contributed by atoms with Crippen molar-refractivity contribution in [3.63, 3.8) is 0 Å². The highest BCUT2D eigenvalue weighted by Gasteiger charge is 2.31. The highest BCUT2D eigenvalue weighted by molar-refractivity contribution is 7.18. The summed E-state index contributed by atoms with van der Waals surface area (Å²) in [5, 5.41) is 1.22. The summed E-state index contributed by atoms with van der Waals surface area (Å²) in [6.45, 7) is 4.39. The molecule has 3 rings (SSSR count). The molecule has 1 aliphatic rings. The largest absolute Gasteiger partial charge is 0.321 e. The lowest BCUT2D eigenvalue weighted by Crippen LogP contribution is -2.32. The summed E-state index contributed by atoms with van der Waals surface area (Å²) in [4.78, 5) is 4.74. The first-order valence-electron chi connectivity index (χ1n) is 6.78. The number of nitrogens with zero attached hydrogens (tertiary/aromatic N) is 1. The average molecular weight is 260 g/mol. The molecule has 2 aromatic rings. The Labute approximate surface area is 112 Å². The fraction of sp³-hybridized carbons (Fsp3) is 0.533. The summed E-state index contributed by atoms with van der Waals surface area (Å²) in [6, 6.07) is 6.61. The van der Waals surface area contributed by atoms with Crippen molar-refractivity contribution in [3.05, 3.63) is 28.8 Å². The van der Waals surface area contributed by atoms with Crippen LogP contribution in [0.3, 0.4) is 0 Å². The molecule has 1 saturated carbocycles. The molecule has 0 unspecified atom stereocenters. The molecule has 0 saturated heterocycles. The van der Waals surface area contributed by atoms with E-state index in [4.69, 9.17) is 10.7 Å². The van der Waals surface area contributed by atoms with E-state index in [2.05, 4.69) is 32.0 Å². The number of aromatic nitrogens is 1. The molecule has 0 aliphatic heterocycles. The molecule has 0 spiro atoms. The van der Waals surface area contributed by atoms with E-state index in [1.54, 1.807) is 11.3 Å². The van der Waals surface area contributed by atoms with Crippen LogP contribution >= 0.6 is 11.3 Å². The van der Waals surface area contributed by atoms with Crippen LogP contribution in [0.5, 0.6) is 0 Å². The number of thiazole rings is 1. The van der Waals surface area contributed by atoms with Gasteiger partial charge in [-0.3, -0.25) is 0 Å². The standard InChI is InChI=1S/C15H20N2S/c1-10(2)14-17-12-9-11(5-6-13(12)18-14)15(16)7-3-4-8-15/h5-6,9-10H,3-4,7-8,16H2,1-2H3. The second kappa shape index (κ2) is 4.32. The predicted octanol–water partition coefficient (Wildman–Crippen LogP) is 4.15. The molecule has 2 nitrogen and oxygen atoms in total. The molecule has 0 atom stereocenters. The second-order valence-electron chi connectivity index (χ2n) is 5.75. The van der Waals surface area contributed by atoms with Gasteiger partial charge in [-0.15, -0.1) is 11.3 Å². The van der Waals surface area contributed by atoms with Crippen molar-refractivity contribution in [3.8, 4) is 0 Å². The minimum Gasteiger partial charge on any atom is -0.321 e. The lowest BCUT2D eigenvalue weighted by atomic mass is 9.89. The Hall–Kier alpha value is -0.930. The van der Waals surface area contributed by atoms with E-state index < -0.39 is 0 Å². The summed E-state index contributed by atoms with van der Waals surface area (Å²) in [7, 11) is 0. The zero-order valence-electron chi connectivity index (χ0n) is 11.1. The normalized spacial score (nSPS) is 18.9. The predicted molar refractivity (Wildman–Crippen MR) is 78.0 cm³/mol. The second-order valence-corrected chi connectivity index (χ2v) is 6.81. The smallest absolute Gasteiger partial charge is 0.0963 e. The molecule has 2 N–H and O–H groups in total. The Balaban J connectivity index is 2.05. The minimum absolute atomic E-state index is 0.101. The molecule has 1 fully saturated rings. The van der Waals surface area contributed by atoms with Gasteiger partial charge in [0.2, 0.25) is 0 Å². The van der Waals surface area contributed by atoms with Gasteiger partial charge < -0.3 is 5.73 Å². The Kier molecular flexibility index (Phi) is 2.91. The Morgan fingerprint density at radius 1 is 1.28 bits per heavy atom. The molecule has 96 valence electrons. The van der Waals surface area contributed by atoms with Crippen molar-refractivity contribution < 1.29 is 0 Å². The molecule has 0 bridgehead atoms. The lowest BCUT2D eigenvalue weighted by Gasteiger charge is -2.23. The van der Waals surface area contributed by atoms with Gasteiger partial charge in [0.15, 0.2) is 0 Å². The van der Waals surface area contributed by atoms with Crippen LogP contribution in [0.1, 0.15) is 56.0 Å². The molecule has 1 heterocycles. The van der Waals surface area contributed by atoms with Gasteiger partial charge in [-0.25, -0.2) is 4.98 Å². The van der Waals surface area contributed by atoms with Gasteiger partial charge in [-0.05, 0) is 30.5 Å². The van der Waals surface area contributed by atoms with Crippen LogP contribution in [0.2, 0.25) is 0 Å². The van der Waals surface area contributed by atoms with Crippen LogP contribution < -0.4 is 5.73 Å². The topological polar surface area (TPSA) is 38.9 Å². The van der Waals surface area contributed by atoms with E-state index in [9.17, 15) is 0 Å². The fourth-order valence-corrected chi connectivity index (χ4v) is 3.75. The van der Waals surface area contributed by atoms with Crippen LogP contribution in [-0.4, -0.2) is 4.98 Å². The highest BCUT2D eigenvalue weighted by atomic mass is 32.1. The number of hydrogen-bond donors (Lipinski definition) is 1. The number of hydrogen-bond acceptors (Lipinski definition) is 3. The molecule has 0 radical (unpaired) electrons. The van der Waals surface area contributed by atoms with Gasteiger partial charge in [-0.1, -0.05) is 32.8 Å². The van der Waals surface area contributed by atoms with E-state index in [0.717, 1.165) is 18.4 Å². The summed E-state index contributed by atoms with van der Waals surface area (Å²) in [6.07, 6.45) is 4.73. The summed E-state index contributed by atoms with van der Waals surface area (Å²) < 4.78 is 1.28. The molecule has 1 aromatic heterocycles. The molecule has 3 heteroatoms. The number of fused-ring (bicyclic) bond motifs is 1. The third-order valence-electron chi connectivity index (χ3n) is 3.97. The van der Waals surface area contributed by atoms with E-state index in [1.165, 1.54) is 28.1 Å². The third-order valence-corrected chi connectivity index (χ3v) is 5.31. The van der Waals surface area contributed by atoms with Gasteiger partial charge in [-0.2, -0.15) is 0 Å². The maximum atomic E-state index is 6.51. The van der Waals surface area contributed by atoms with Crippen LogP contribution in [0.25, 0.3) is 10.2 Å². The molecule has 0 amide bonds.